The van der Waals surface area contributed by atoms with Crippen molar-refractivity contribution < 1.29 is 4.79 Å². The number of carbonyl (C=O) groups is 1. The van der Waals surface area contributed by atoms with E-state index in [9.17, 15) is 4.79 Å². The molecular formula is C14H23N5O. The summed E-state index contributed by atoms with van der Waals surface area (Å²) in [5.41, 5.74) is 6.79. The quantitative estimate of drug-likeness (QED) is 0.850. The lowest BCUT2D eigenvalue weighted by atomic mass is 10.1. The molecule has 1 unspecified atom stereocenters. The molecule has 2 rings (SSSR count). The molecule has 1 atom stereocenters. The number of amides is 1. The molecule has 3 N–H and O–H groups in total. The van der Waals surface area contributed by atoms with Gasteiger partial charge in [-0.3, -0.25) is 4.79 Å². The summed E-state index contributed by atoms with van der Waals surface area (Å²) in [4.78, 5) is 22.5. The van der Waals surface area contributed by atoms with Crippen LogP contribution in [-0.4, -0.2) is 39.9 Å². The highest BCUT2D eigenvalue weighted by Crippen LogP contribution is 2.20. The summed E-state index contributed by atoms with van der Waals surface area (Å²) in [6, 6.07) is -0.294. The van der Waals surface area contributed by atoms with Crippen LogP contribution in [0.3, 0.4) is 0 Å². The fourth-order valence-electron chi connectivity index (χ4n) is 2.52. The average molecular weight is 277 g/mol. The molecule has 1 aliphatic heterocycles. The van der Waals surface area contributed by atoms with Crippen LogP contribution in [0.25, 0.3) is 0 Å². The number of anilines is 2. The van der Waals surface area contributed by atoms with Crippen LogP contribution in [0.1, 0.15) is 38.7 Å². The van der Waals surface area contributed by atoms with Gasteiger partial charge in [0.05, 0.1) is 0 Å². The van der Waals surface area contributed by atoms with E-state index >= 15 is 0 Å². The van der Waals surface area contributed by atoms with Gasteiger partial charge in [0.2, 0.25) is 5.91 Å². The van der Waals surface area contributed by atoms with Crippen LogP contribution < -0.4 is 11.1 Å². The summed E-state index contributed by atoms with van der Waals surface area (Å²) in [5, 5.41) is 3.19. The van der Waals surface area contributed by atoms with Crippen molar-refractivity contribution in [2.45, 2.75) is 45.6 Å². The number of nitrogens with one attached hydrogen (secondary N) is 1. The predicted molar refractivity (Wildman–Crippen MR) is 79.3 cm³/mol. The molecule has 2 heterocycles. The Balaban J connectivity index is 2.08. The Morgan fingerprint density at radius 1 is 1.45 bits per heavy atom. The number of aromatic nitrogens is 2. The second kappa shape index (κ2) is 6.54. The van der Waals surface area contributed by atoms with Gasteiger partial charge in [-0.1, -0.05) is 13.3 Å². The van der Waals surface area contributed by atoms with E-state index in [1.54, 1.807) is 0 Å². The van der Waals surface area contributed by atoms with Crippen LogP contribution in [0.2, 0.25) is 0 Å². The molecule has 0 radical (unpaired) electrons. The molecule has 0 aliphatic carbocycles. The normalized spacial score (nSPS) is 16.2. The van der Waals surface area contributed by atoms with Crippen LogP contribution >= 0.6 is 0 Å². The molecule has 6 heteroatoms. The number of carbonyl (C=O) groups excluding carboxylic acids is 1. The molecule has 0 bridgehead atoms. The smallest absolute Gasteiger partial charge is 0.244 e. The Bertz CT molecular complexity index is 471. The topological polar surface area (TPSA) is 84.1 Å². The van der Waals surface area contributed by atoms with Gasteiger partial charge in [0.25, 0.3) is 0 Å². The molecule has 1 aromatic heterocycles. The molecule has 110 valence electrons. The summed E-state index contributed by atoms with van der Waals surface area (Å²) < 4.78 is 0. The third kappa shape index (κ3) is 3.18. The van der Waals surface area contributed by atoms with Gasteiger partial charge in [-0.05, 0) is 26.2 Å². The van der Waals surface area contributed by atoms with Crippen molar-refractivity contribution in [1.82, 2.24) is 14.9 Å². The summed E-state index contributed by atoms with van der Waals surface area (Å²) in [7, 11) is 0. The molecule has 1 aromatic rings. The van der Waals surface area contributed by atoms with Crippen molar-refractivity contribution in [3.05, 3.63) is 11.9 Å². The number of nitrogen functional groups attached to an aromatic ring is 1. The first kappa shape index (κ1) is 14.6. The Labute approximate surface area is 119 Å². The van der Waals surface area contributed by atoms with Gasteiger partial charge in [0.1, 0.15) is 24.0 Å². The van der Waals surface area contributed by atoms with Crippen LogP contribution in [0.5, 0.6) is 0 Å². The minimum Gasteiger partial charge on any atom is -0.383 e. The van der Waals surface area contributed by atoms with Gasteiger partial charge in [0, 0.05) is 18.7 Å². The van der Waals surface area contributed by atoms with Crippen LogP contribution in [0.15, 0.2) is 6.33 Å². The molecule has 0 saturated carbocycles. The molecular weight excluding hydrogens is 254 g/mol. The molecule has 0 spiro atoms. The zero-order chi connectivity index (χ0) is 14.5. The lowest BCUT2D eigenvalue weighted by Crippen LogP contribution is -2.40. The second-order valence-corrected chi connectivity index (χ2v) is 5.23. The van der Waals surface area contributed by atoms with E-state index in [1.807, 2.05) is 11.8 Å². The zero-order valence-electron chi connectivity index (χ0n) is 12.2. The highest BCUT2D eigenvalue weighted by molar-refractivity contribution is 5.84. The van der Waals surface area contributed by atoms with Gasteiger partial charge >= 0.3 is 0 Å². The Morgan fingerprint density at radius 2 is 2.15 bits per heavy atom. The van der Waals surface area contributed by atoms with Crippen molar-refractivity contribution in [3.8, 4) is 0 Å². The van der Waals surface area contributed by atoms with Crippen molar-refractivity contribution in [2.24, 2.45) is 0 Å². The molecule has 1 fully saturated rings. The molecule has 20 heavy (non-hydrogen) atoms. The summed E-state index contributed by atoms with van der Waals surface area (Å²) in [5.74, 6) is 1.30. The van der Waals surface area contributed by atoms with E-state index in [1.165, 1.54) is 6.33 Å². The minimum atomic E-state index is -0.294. The van der Waals surface area contributed by atoms with E-state index in [2.05, 4.69) is 22.2 Å². The summed E-state index contributed by atoms with van der Waals surface area (Å²) in [6.07, 6.45) is 5.39. The van der Waals surface area contributed by atoms with Crippen LogP contribution in [0.4, 0.5) is 11.6 Å². The SMILES string of the molecule is CCCc1c(N)ncnc1NC(C)C(=O)N1CCCC1. The lowest BCUT2D eigenvalue weighted by molar-refractivity contribution is -0.130. The predicted octanol–water partition coefficient (Wildman–Crippen LogP) is 1.43. The Hall–Kier alpha value is -1.85. The van der Waals surface area contributed by atoms with Crippen molar-refractivity contribution in [1.29, 1.82) is 0 Å². The van der Waals surface area contributed by atoms with E-state index < -0.39 is 0 Å². The maximum Gasteiger partial charge on any atom is 0.244 e. The van der Waals surface area contributed by atoms with Crippen molar-refractivity contribution in [3.63, 3.8) is 0 Å². The first-order valence-electron chi connectivity index (χ1n) is 7.28. The van der Waals surface area contributed by atoms with E-state index in [4.69, 9.17) is 5.73 Å². The molecule has 0 aromatic carbocycles. The fourth-order valence-corrected chi connectivity index (χ4v) is 2.52. The maximum atomic E-state index is 12.3. The van der Waals surface area contributed by atoms with Gasteiger partial charge < -0.3 is 16.0 Å². The molecule has 6 nitrogen and oxygen atoms in total. The minimum absolute atomic E-state index is 0.127. The van der Waals surface area contributed by atoms with E-state index in [0.717, 1.165) is 44.3 Å². The monoisotopic (exact) mass is 277 g/mol. The van der Waals surface area contributed by atoms with Gasteiger partial charge in [-0.2, -0.15) is 0 Å². The fraction of sp³-hybridized carbons (Fsp3) is 0.643. The molecule has 1 saturated heterocycles. The standard InChI is InChI=1S/C14H23N5O/c1-3-6-11-12(15)16-9-17-13(11)18-10(2)14(20)19-7-4-5-8-19/h9-10H,3-8H2,1-2H3,(H3,15,16,17,18). The third-order valence-electron chi connectivity index (χ3n) is 3.62. The largest absolute Gasteiger partial charge is 0.383 e. The van der Waals surface area contributed by atoms with Crippen molar-refractivity contribution in [2.75, 3.05) is 24.1 Å². The van der Waals surface area contributed by atoms with Crippen LogP contribution in [-0.2, 0) is 11.2 Å². The third-order valence-corrected chi connectivity index (χ3v) is 3.62. The number of likely N-dealkylation sites (tertiary alicyclic amines) is 1. The maximum absolute atomic E-state index is 12.3. The van der Waals surface area contributed by atoms with Crippen molar-refractivity contribution >= 4 is 17.5 Å². The summed E-state index contributed by atoms with van der Waals surface area (Å²) >= 11 is 0. The number of hydrogen-bond acceptors (Lipinski definition) is 5. The number of hydrogen-bond donors (Lipinski definition) is 2. The highest BCUT2D eigenvalue weighted by atomic mass is 16.2. The summed E-state index contributed by atoms with van der Waals surface area (Å²) in [6.45, 7) is 5.67. The van der Waals surface area contributed by atoms with Gasteiger partial charge in [0.15, 0.2) is 0 Å². The lowest BCUT2D eigenvalue weighted by Gasteiger charge is -2.22. The number of nitrogens with two attached hydrogens (primary N) is 1. The van der Waals surface area contributed by atoms with Gasteiger partial charge in [-0.15, -0.1) is 0 Å². The van der Waals surface area contributed by atoms with Crippen LogP contribution in [0, 0.1) is 0 Å². The second-order valence-electron chi connectivity index (χ2n) is 5.23. The molecule has 1 aliphatic rings. The number of nitrogens with zero attached hydrogens (tertiary/aromatic N) is 3. The highest BCUT2D eigenvalue weighted by Gasteiger charge is 2.24. The van der Waals surface area contributed by atoms with Gasteiger partial charge in [-0.25, -0.2) is 9.97 Å². The average Bonchev–Trinajstić information content (AvgIpc) is 2.96. The first-order chi connectivity index (χ1) is 9.63. The Morgan fingerprint density at radius 3 is 2.80 bits per heavy atom. The van der Waals surface area contributed by atoms with E-state index in [-0.39, 0.29) is 11.9 Å². The first-order valence-corrected chi connectivity index (χ1v) is 7.28. The Kier molecular flexibility index (Phi) is 4.76. The zero-order valence-corrected chi connectivity index (χ0v) is 12.2. The van der Waals surface area contributed by atoms with E-state index in [0.29, 0.717) is 11.6 Å². The number of rotatable bonds is 5. The molecule has 1 amide bonds.